The summed E-state index contributed by atoms with van der Waals surface area (Å²) in [5.74, 6) is -3.10. The fourth-order valence-corrected chi connectivity index (χ4v) is 2.16. The number of pyridine rings is 1. The number of rotatable bonds is 3. The summed E-state index contributed by atoms with van der Waals surface area (Å²) in [5.41, 5.74) is -0.346. The van der Waals surface area contributed by atoms with Crippen LogP contribution in [0.15, 0.2) is 28.9 Å². The van der Waals surface area contributed by atoms with Gasteiger partial charge in [0.05, 0.1) is 17.4 Å². The molecule has 0 saturated carbocycles. The minimum Gasteiger partial charge on any atom is -0.372 e. The molecule has 0 aliphatic carbocycles. The van der Waals surface area contributed by atoms with Gasteiger partial charge in [-0.15, -0.1) is 0 Å². The minimum absolute atomic E-state index is 0.0312. The molecule has 0 unspecified atom stereocenters. The predicted molar refractivity (Wildman–Crippen MR) is 75.8 cm³/mol. The third-order valence-corrected chi connectivity index (χ3v) is 3.21. The Hall–Kier alpha value is -2.09. The second-order valence-corrected chi connectivity index (χ2v) is 4.85. The van der Waals surface area contributed by atoms with Crippen molar-refractivity contribution in [1.29, 1.82) is 0 Å². The maximum Gasteiger partial charge on any atom is 0.259 e. The number of amides is 1. The number of nitrogens with one attached hydrogen (secondary N) is 2. The number of hydrogen-bond donors (Lipinski definition) is 2. The van der Waals surface area contributed by atoms with E-state index in [2.05, 4.69) is 31.5 Å². The van der Waals surface area contributed by atoms with E-state index in [0.717, 1.165) is 18.3 Å². The quantitative estimate of drug-likeness (QED) is 0.880. The van der Waals surface area contributed by atoms with Gasteiger partial charge in [-0.25, -0.2) is 18.2 Å². The lowest BCUT2D eigenvalue weighted by atomic mass is 10.2. The molecule has 0 fully saturated rings. The Labute approximate surface area is 126 Å². The lowest BCUT2D eigenvalue weighted by molar-refractivity contribution is 0.102. The smallest absolute Gasteiger partial charge is 0.259 e. The van der Waals surface area contributed by atoms with Crippen molar-refractivity contribution in [2.45, 2.75) is 0 Å². The van der Waals surface area contributed by atoms with Crippen molar-refractivity contribution in [3.63, 3.8) is 0 Å². The standard InChI is InChI=1S/C13H9BrF3N3O/c1-18-12-8(2-7(16)5-19-12)13(21)20-11-9(14)3-6(15)4-10(11)17/h2-5H,1H3,(H,18,19)(H,20,21). The molecule has 1 aromatic heterocycles. The summed E-state index contributed by atoms with van der Waals surface area (Å²) >= 11 is 2.95. The lowest BCUT2D eigenvalue weighted by Crippen LogP contribution is -2.16. The molecule has 0 bridgehead atoms. The summed E-state index contributed by atoms with van der Waals surface area (Å²) in [6.45, 7) is 0. The van der Waals surface area contributed by atoms with Crippen molar-refractivity contribution in [1.82, 2.24) is 4.98 Å². The molecule has 0 saturated heterocycles. The highest BCUT2D eigenvalue weighted by molar-refractivity contribution is 9.10. The number of aromatic nitrogens is 1. The summed E-state index contributed by atoms with van der Waals surface area (Å²) in [5, 5.41) is 4.87. The van der Waals surface area contributed by atoms with Gasteiger partial charge in [0.2, 0.25) is 0 Å². The van der Waals surface area contributed by atoms with Crippen molar-refractivity contribution >= 4 is 33.3 Å². The van der Waals surface area contributed by atoms with Gasteiger partial charge in [0.15, 0.2) is 5.82 Å². The summed E-state index contributed by atoms with van der Waals surface area (Å²) in [6, 6.07) is 2.59. The number of carbonyl (C=O) groups excluding carboxylic acids is 1. The molecule has 0 atom stereocenters. The van der Waals surface area contributed by atoms with E-state index in [1.165, 1.54) is 7.05 Å². The summed E-state index contributed by atoms with van der Waals surface area (Å²) in [7, 11) is 1.51. The van der Waals surface area contributed by atoms with Gasteiger partial charge >= 0.3 is 0 Å². The third-order valence-electron chi connectivity index (χ3n) is 2.58. The summed E-state index contributed by atoms with van der Waals surface area (Å²) in [4.78, 5) is 15.8. The van der Waals surface area contributed by atoms with Crippen LogP contribution in [0.1, 0.15) is 10.4 Å². The molecular weight excluding hydrogens is 351 g/mol. The van der Waals surface area contributed by atoms with Crippen LogP contribution in [0.3, 0.4) is 0 Å². The summed E-state index contributed by atoms with van der Waals surface area (Å²) < 4.78 is 39.9. The van der Waals surface area contributed by atoms with Crippen molar-refractivity contribution in [3.05, 3.63) is 51.9 Å². The first-order chi connectivity index (χ1) is 9.92. The number of halogens is 4. The second-order valence-electron chi connectivity index (χ2n) is 4.00. The second kappa shape index (κ2) is 6.13. The number of hydrogen-bond acceptors (Lipinski definition) is 3. The zero-order valence-electron chi connectivity index (χ0n) is 10.7. The van der Waals surface area contributed by atoms with Crippen LogP contribution in [0.25, 0.3) is 0 Å². The lowest BCUT2D eigenvalue weighted by Gasteiger charge is -2.11. The number of carbonyl (C=O) groups is 1. The fourth-order valence-electron chi connectivity index (χ4n) is 1.65. The number of nitrogens with zero attached hydrogens (tertiary/aromatic N) is 1. The highest BCUT2D eigenvalue weighted by atomic mass is 79.9. The zero-order valence-corrected chi connectivity index (χ0v) is 12.3. The van der Waals surface area contributed by atoms with E-state index in [4.69, 9.17) is 0 Å². The Bertz CT molecular complexity index is 686. The van der Waals surface area contributed by atoms with Crippen LogP contribution < -0.4 is 10.6 Å². The van der Waals surface area contributed by atoms with Crippen molar-refractivity contribution in [2.75, 3.05) is 17.7 Å². The van der Waals surface area contributed by atoms with Crippen molar-refractivity contribution in [3.8, 4) is 0 Å². The average Bonchev–Trinajstić information content (AvgIpc) is 2.42. The van der Waals surface area contributed by atoms with Crippen LogP contribution in [0.5, 0.6) is 0 Å². The monoisotopic (exact) mass is 359 g/mol. The fraction of sp³-hybridized carbons (Fsp3) is 0.0769. The molecule has 110 valence electrons. The van der Waals surface area contributed by atoms with E-state index in [0.29, 0.717) is 6.07 Å². The van der Waals surface area contributed by atoms with Crippen LogP contribution in [0, 0.1) is 17.5 Å². The van der Waals surface area contributed by atoms with E-state index in [1.54, 1.807) is 0 Å². The van der Waals surface area contributed by atoms with E-state index < -0.39 is 23.4 Å². The van der Waals surface area contributed by atoms with E-state index >= 15 is 0 Å². The van der Waals surface area contributed by atoms with Gasteiger partial charge in [0.25, 0.3) is 5.91 Å². The predicted octanol–water partition coefficient (Wildman–Crippen LogP) is 3.56. The van der Waals surface area contributed by atoms with Gasteiger partial charge < -0.3 is 10.6 Å². The van der Waals surface area contributed by atoms with Crippen LogP contribution in [-0.2, 0) is 0 Å². The normalized spacial score (nSPS) is 10.3. The van der Waals surface area contributed by atoms with Gasteiger partial charge in [-0.05, 0) is 28.1 Å². The molecule has 2 N–H and O–H groups in total. The van der Waals surface area contributed by atoms with Crippen LogP contribution in [0.2, 0.25) is 0 Å². The van der Waals surface area contributed by atoms with Crippen molar-refractivity contribution < 1.29 is 18.0 Å². The van der Waals surface area contributed by atoms with Gasteiger partial charge in [0, 0.05) is 17.6 Å². The first-order valence-electron chi connectivity index (χ1n) is 5.71. The maximum atomic E-state index is 13.7. The van der Waals surface area contributed by atoms with E-state index in [-0.39, 0.29) is 21.5 Å². The van der Waals surface area contributed by atoms with Crippen LogP contribution in [0.4, 0.5) is 24.7 Å². The van der Waals surface area contributed by atoms with Gasteiger partial charge in [-0.2, -0.15) is 0 Å². The Kier molecular flexibility index (Phi) is 4.46. The van der Waals surface area contributed by atoms with Gasteiger partial charge in [-0.3, -0.25) is 4.79 Å². The highest BCUT2D eigenvalue weighted by Crippen LogP contribution is 2.28. The largest absolute Gasteiger partial charge is 0.372 e. The Balaban J connectivity index is 2.37. The topological polar surface area (TPSA) is 54.0 Å². The molecule has 21 heavy (non-hydrogen) atoms. The zero-order chi connectivity index (χ0) is 15.6. The number of anilines is 2. The molecule has 1 aromatic carbocycles. The molecule has 8 heteroatoms. The van der Waals surface area contributed by atoms with Gasteiger partial charge in [-0.1, -0.05) is 0 Å². The first-order valence-corrected chi connectivity index (χ1v) is 6.51. The average molecular weight is 360 g/mol. The molecule has 1 heterocycles. The Morgan fingerprint density at radius 1 is 1.19 bits per heavy atom. The van der Waals surface area contributed by atoms with Crippen LogP contribution >= 0.6 is 15.9 Å². The van der Waals surface area contributed by atoms with Gasteiger partial charge in [0.1, 0.15) is 17.5 Å². The number of benzene rings is 1. The SMILES string of the molecule is CNc1ncc(F)cc1C(=O)Nc1c(F)cc(F)cc1Br. The highest BCUT2D eigenvalue weighted by Gasteiger charge is 2.17. The van der Waals surface area contributed by atoms with E-state index in [1.807, 2.05) is 0 Å². The first kappa shape index (κ1) is 15.3. The Morgan fingerprint density at radius 2 is 1.90 bits per heavy atom. The summed E-state index contributed by atoms with van der Waals surface area (Å²) in [6.07, 6.45) is 0.941. The Morgan fingerprint density at radius 3 is 2.52 bits per heavy atom. The molecule has 0 spiro atoms. The molecular formula is C13H9BrF3N3O. The molecule has 1 amide bonds. The molecule has 0 aliphatic heterocycles. The van der Waals surface area contributed by atoms with Crippen molar-refractivity contribution in [2.24, 2.45) is 0 Å². The molecule has 2 rings (SSSR count). The third kappa shape index (κ3) is 3.33. The minimum atomic E-state index is -0.953. The van der Waals surface area contributed by atoms with E-state index in [9.17, 15) is 18.0 Å². The van der Waals surface area contributed by atoms with Crippen LogP contribution in [-0.4, -0.2) is 17.9 Å². The molecule has 2 aromatic rings. The maximum absolute atomic E-state index is 13.7. The molecule has 4 nitrogen and oxygen atoms in total. The molecule has 0 radical (unpaired) electrons. The molecule has 0 aliphatic rings.